The topological polar surface area (TPSA) is 101 Å². The minimum Gasteiger partial charge on any atom is -0.343 e. The molecule has 0 saturated carbocycles. The lowest BCUT2D eigenvalue weighted by molar-refractivity contribution is 0.0931. The molecule has 0 aliphatic rings. The van der Waals surface area contributed by atoms with Crippen LogP contribution in [0.5, 0.6) is 0 Å². The maximum atomic E-state index is 12.9. The van der Waals surface area contributed by atoms with Crippen LogP contribution in [-0.4, -0.2) is 30.8 Å². The van der Waals surface area contributed by atoms with Crippen LogP contribution in [0.2, 0.25) is 0 Å². The number of hydrogen-bond donors (Lipinski definition) is 2. The van der Waals surface area contributed by atoms with Crippen molar-refractivity contribution < 1.29 is 13.2 Å². The Bertz CT molecular complexity index is 1150. The first-order valence-electron chi connectivity index (χ1n) is 9.48. The van der Waals surface area contributed by atoms with Crippen LogP contribution in [0.25, 0.3) is 0 Å². The van der Waals surface area contributed by atoms with Crippen molar-refractivity contribution in [1.82, 2.24) is 20.0 Å². The Labute approximate surface area is 176 Å². The smallest absolute Gasteiger partial charge is 0.270 e. The zero-order valence-electron chi connectivity index (χ0n) is 17.1. The van der Waals surface area contributed by atoms with Gasteiger partial charge in [-0.1, -0.05) is 48.0 Å². The van der Waals surface area contributed by atoms with Gasteiger partial charge in [0.05, 0.1) is 10.9 Å². The number of hydrogen-bond acceptors (Lipinski definition) is 5. The van der Waals surface area contributed by atoms with Gasteiger partial charge in [-0.2, -0.15) is 0 Å². The van der Waals surface area contributed by atoms with Crippen LogP contribution in [0.15, 0.2) is 65.7 Å². The third-order valence-corrected chi connectivity index (χ3v) is 6.20. The minimum absolute atomic E-state index is 0.00450. The summed E-state index contributed by atoms with van der Waals surface area (Å²) in [5.41, 5.74) is 2.65. The van der Waals surface area contributed by atoms with Crippen molar-refractivity contribution in [3.63, 3.8) is 0 Å². The van der Waals surface area contributed by atoms with Crippen LogP contribution in [0.1, 0.15) is 39.0 Å². The second-order valence-electron chi connectivity index (χ2n) is 7.05. The van der Waals surface area contributed by atoms with Gasteiger partial charge >= 0.3 is 0 Å². The van der Waals surface area contributed by atoms with E-state index in [2.05, 4.69) is 20.0 Å². The monoisotopic (exact) mass is 424 g/mol. The van der Waals surface area contributed by atoms with Gasteiger partial charge in [-0.15, -0.1) is 0 Å². The summed E-state index contributed by atoms with van der Waals surface area (Å²) in [6.07, 6.45) is 1.51. The number of aryl methyl sites for hydroxylation is 3. The maximum absolute atomic E-state index is 12.9. The zero-order valence-corrected chi connectivity index (χ0v) is 17.9. The average molecular weight is 425 g/mol. The fraction of sp³-hybridized carbons (Fsp3) is 0.227. The molecule has 0 aliphatic heterocycles. The third-order valence-electron chi connectivity index (χ3n) is 4.61. The van der Waals surface area contributed by atoms with Gasteiger partial charge in [0, 0.05) is 12.7 Å². The second-order valence-corrected chi connectivity index (χ2v) is 8.78. The lowest BCUT2D eigenvalue weighted by Gasteiger charge is -2.20. The molecule has 0 aliphatic carbocycles. The number of sulfonamides is 1. The lowest BCUT2D eigenvalue weighted by Crippen LogP contribution is -2.38. The SMILES string of the molecule is Cc1ccc(S(=O)(=O)NCC(NC(=O)c2ccnc(C)n2)c2ccccc2)c(C)c1. The van der Waals surface area contributed by atoms with Crippen molar-refractivity contribution in [3.05, 3.63) is 89.0 Å². The fourth-order valence-electron chi connectivity index (χ4n) is 3.12. The van der Waals surface area contributed by atoms with Crippen LogP contribution >= 0.6 is 0 Å². The first-order chi connectivity index (χ1) is 14.3. The molecule has 0 radical (unpaired) electrons. The minimum atomic E-state index is -3.74. The standard InChI is InChI=1S/C22H24N4O3S/c1-15-9-10-21(16(2)13-15)30(28,29)24-14-20(18-7-5-4-6-8-18)26-22(27)19-11-12-23-17(3)25-19/h4-13,20,24H,14H2,1-3H3,(H,26,27). The predicted octanol–water partition coefficient (Wildman–Crippen LogP) is 2.85. The quantitative estimate of drug-likeness (QED) is 0.607. The van der Waals surface area contributed by atoms with E-state index in [1.165, 1.54) is 12.3 Å². The van der Waals surface area contributed by atoms with Gasteiger partial charge in [0.1, 0.15) is 11.5 Å². The van der Waals surface area contributed by atoms with Gasteiger partial charge in [-0.3, -0.25) is 4.79 Å². The average Bonchev–Trinajstić information content (AvgIpc) is 2.71. The largest absolute Gasteiger partial charge is 0.343 e. The molecule has 7 nitrogen and oxygen atoms in total. The summed E-state index contributed by atoms with van der Waals surface area (Å²) in [6.45, 7) is 5.36. The van der Waals surface area contributed by atoms with Gasteiger partial charge < -0.3 is 5.32 Å². The van der Waals surface area contributed by atoms with Crippen LogP contribution in [0.4, 0.5) is 0 Å². The van der Waals surface area contributed by atoms with Crippen LogP contribution < -0.4 is 10.0 Å². The zero-order chi connectivity index (χ0) is 21.7. The number of benzene rings is 2. The molecule has 1 amide bonds. The van der Waals surface area contributed by atoms with E-state index < -0.39 is 22.0 Å². The Morgan fingerprint density at radius 1 is 1.03 bits per heavy atom. The summed E-state index contributed by atoms with van der Waals surface area (Å²) in [5.74, 6) is 0.0783. The molecule has 0 fully saturated rings. The molecule has 1 unspecified atom stereocenters. The lowest BCUT2D eigenvalue weighted by atomic mass is 10.1. The summed E-state index contributed by atoms with van der Waals surface area (Å²) in [5, 5.41) is 2.87. The van der Waals surface area contributed by atoms with Gasteiger partial charge in [0.2, 0.25) is 10.0 Å². The first-order valence-corrected chi connectivity index (χ1v) is 11.0. The van der Waals surface area contributed by atoms with Gasteiger partial charge in [0.25, 0.3) is 5.91 Å². The summed E-state index contributed by atoms with van der Waals surface area (Å²) in [6, 6.07) is 15.3. The van der Waals surface area contributed by atoms with Gasteiger partial charge in [0.15, 0.2) is 0 Å². The highest BCUT2D eigenvalue weighted by Gasteiger charge is 2.22. The molecule has 2 aromatic carbocycles. The molecule has 3 aromatic rings. The number of aromatic nitrogens is 2. The fourth-order valence-corrected chi connectivity index (χ4v) is 4.40. The van der Waals surface area contributed by atoms with E-state index in [-0.39, 0.29) is 17.1 Å². The summed E-state index contributed by atoms with van der Waals surface area (Å²) in [4.78, 5) is 21.0. The van der Waals surface area contributed by atoms with Crippen molar-refractivity contribution in [2.75, 3.05) is 6.54 Å². The number of nitrogens with one attached hydrogen (secondary N) is 2. The van der Waals surface area contributed by atoms with Crippen molar-refractivity contribution >= 4 is 15.9 Å². The van der Waals surface area contributed by atoms with Crippen molar-refractivity contribution in [1.29, 1.82) is 0 Å². The van der Waals surface area contributed by atoms with E-state index in [9.17, 15) is 13.2 Å². The molecule has 0 spiro atoms. The number of carbonyl (C=O) groups is 1. The normalized spacial score (nSPS) is 12.4. The second kappa shape index (κ2) is 9.15. The molecule has 3 rings (SSSR count). The van der Waals surface area contributed by atoms with Crippen molar-refractivity contribution in [3.8, 4) is 0 Å². The molecule has 1 heterocycles. The van der Waals surface area contributed by atoms with Crippen LogP contribution in [0.3, 0.4) is 0 Å². The van der Waals surface area contributed by atoms with E-state index >= 15 is 0 Å². The van der Waals surface area contributed by atoms with Gasteiger partial charge in [-0.05, 0) is 44.0 Å². The van der Waals surface area contributed by atoms with Crippen molar-refractivity contribution in [2.24, 2.45) is 0 Å². The number of carbonyl (C=O) groups excluding carboxylic acids is 1. The molecule has 2 N–H and O–H groups in total. The van der Waals surface area contributed by atoms with Gasteiger partial charge in [-0.25, -0.2) is 23.1 Å². The number of nitrogens with zero attached hydrogens (tertiary/aromatic N) is 2. The molecular formula is C22H24N4O3S. The Hall–Kier alpha value is -3.10. The van der Waals surface area contributed by atoms with E-state index in [4.69, 9.17) is 0 Å². The summed E-state index contributed by atoms with van der Waals surface area (Å²) >= 11 is 0. The van der Waals surface area contributed by atoms with E-state index in [0.717, 1.165) is 11.1 Å². The maximum Gasteiger partial charge on any atom is 0.270 e. The molecule has 1 atom stereocenters. The highest BCUT2D eigenvalue weighted by Crippen LogP contribution is 2.18. The molecular weight excluding hydrogens is 400 g/mol. The molecule has 0 bridgehead atoms. The highest BCUT2D eigenvalue weighted by atomic mass is 32.2. The van der Waals surface area contributed by atoms with E-state index in [0.29, 0.717) is 11.4 Å². The molecule has 0 saturated heterocycles. The molecule has 8 heteroatoms. The van der Waals surface area contributed by atoms with Crippen molar-refractivity contribution in [2.45, 2.75) is 31.7 Å². The predicted molar refractivity (Wildman–Crippen MR) is 115 cm³/mol. The Morgan fingerprint density at radius 3 is 2.43 bits per heavy atom. The first kappa shape index (κ1) is 21.6. The highest BCUT2D eigenvalue weighted by molar-refractivity contribution is 7.89. The number of amides is 1. The van der Waals surface area contributed by atoms with Crippen LogP contribution in [0, 0.1) is 20.8 Å². The molecule has 156 valence electrons. The molecule has 1 aromatic heterocycles. The number of rotatable bonds is 7. The molecule has 30 heavy (non-hydrogen) atoms. The van der Waals surface area contributed by atoms with E-state index in [1.807, 2.05) is 43.3 Å². The van der Waals surface area contributed by atoms with E-state index in [1.54, 1.807) is 26.0 Å². The summed E-state index contributed by atoms with van der Waals surface area (Å²) in [7, 11) is -3.74. The third kappa shape index (κ3) is 5.28. The Balaban J connectivity index is 1.82. The van der Waals surface area contributed by atoms with Crippen LogP contribution in [-0.2, 0) is 10.0 Å². The Kier molecular flexibility index (Phi) is 6.59. The Morgan fingerprint density at radius 2 is 1.77 bits per heavy atom. The summed E-state index contributed by atoms with van der Waals surface area (Å²) < 4.78 is 28.3.